The van der Waals surface area contributed by atoms with Gasteiger partial charge in [-0.05, 0) is 26.0 Å². The van der Waals surface area contributed by atoms with E-state index >= 15 is 0 Å². The molecule has 0 saturated carbocycles. The van der Waals surface area contributed by atoms with Gasteiger partial charge in [-0.3, -0.25) is 14.2 Å². The molecule has 0 saturated heterocycles. The Morgan fingerprint density at radius 2 is 1.90 bits per heavy atom. The average Bonchev–Trinajstić information content (AvgIpc) is 2.78. The zero-order valence-electron chi connectivity index (χ0n) is 11.8. The summed E-state index contributed by atoms with van der Waals surface area (Å²) in [5, 5.41) is 1.29. The number of hydrogen-bond acceptors (Lipinski definition) is 2. The van der Waals surface area contributed by atoms with Gasteiger partial charge in [0.25, 0.3) is 5.91 Å². The van der Waals surface area contributed by atoms with Crippen molar-refractivity contribution in [1.29, 1.82) is 0 Å². The summed E-state index contributed by atoms with van der Waals surface area (Å²) in [6, 6.07) is 5.22. The fourth-order valence-corrected chi connectivity index (χ4v) is 2.48. The normalized spacial score (nSPS) is 10.8. The van der Waals surface area contributed by atoms with E-state index in [1.807, 2.05) is 13.8 Å². The molecule has 1 amide bonds. The monoisotopic (exact) mass is 292 g/mol. The fraction of sp³-hybridized carbons (Fsp3) is 0.333. The van der Waals surface area contributed by atoms with E-state index in [-0.39, 0.29) is 11.8 Å². The maximum atomic E-state index is 12.5. The van der Waals surface area contributed by atoms with Crippen LogP contribution in [0.1, 0.15) is 35.9 Å². The molecule has 0 spiro atoms. The molecule has 1 aromatic carbocycles. The molecule has 1 heterocycles. The molecule has 2 aromatic rings. The van der Waals surface area contributed by atoms with Gasteiger partial charge in [-0.25, -0.2) is 0 Å². The van der Waals surface area contributed by atoms with Gasteiger partial charge in [0.15, 0.2) is 0 Å². The van der Waals surface area contributed by atoms with Crippen molar-refractivity contribution in [3.05, 3.63) is 35.0 Å². The second kappa shape index (κ2) is 5.67. The topological polar surface area (TPSA) is 42.3 Å². The molecule has 5 heteroatoms. The maximum absolute atomic E-state index is 12.5. The van der Waals surface area contributed by atoms with Crippen LogP contribution in [0.25, 0.3) is 10.9 Å². The van der Waals surface area contributed by atoms with Crippen molar-refractivity contribution in [2.24, 2.45) is 0 Å². The van der Waals surface area contributed by atoms with E-state index in [0.29, 0.717) is 29.2 Å². The third kappa shape index (κ3) is 2.43. The summed E-state index contributed by atoms with van der Waals surface area (Å²) in [6.45, 7) is 6.60. The Balaban J connectivity index is 2.65. The molecule has 0 unspecified atom stereocenters. The molecule has 0 radical (unpaired) electrons. The number of halogens is 1. The highest BCUT2D eigenvalue weighted by Gasteiger charge is 2.20. The van der Waals surface area contributed by atoms with Crippen molar-refractivity contribution in [2.75, 3.05) is 13.1 Å². The van der Waals surface area contributed by atoms with Crippen LogP contribution in [0.3, 0.4) is 0 Å². The second-order valence-electron chi connectivity index (χ2n) is 4.57. The van der Waals surface area contributed by atoms with Crippen LogP contribution in [0.15, 0.2) is 24.4 Å². The van der Waals surface area contributed by atoms with E-state index < -0.39 is 0 Å². The zero-order valence-corrected chi connectivity index (χ0v) is 12.6. The highest BCUT2D eigenvalue weighted by Crippen LogP contribution is 2.26. The number of fused-ring (bicyclic) bond motifs is 1. The third-order valence-electron chi connectivity index (χ3n) is 3.39. The molecule has 106 valence electrons. The van der Waals surface area contributed by atoms with Crippen molar-refractivity contribution in [2.45, 2.75) is 20.8 Å². The maximum Gasteiger partial charge on any atom is 0.256 e. The highest BCUT2D eigenvalue weighted by molar-refractivity contribution is 6.31. The first-order valence-corrected chi connectivity index (χ1v) is 6.98. The predicted octanol–water partition coefficient (Wildman–Crippen LogP) is 3.44. The highest BCUT2D eigenvalue weighted by atomic mass is 35.5. The van der Waals surface area contributed by atoms with Gasteiger partial charge >= 0.3 is 0 Å². The van der Waals surface area contributed by atoms with Crippen LogP contribution in [-0.4, -0.2) is 34.4 Å². The molecular formula is C15H17ClN2O2. The number of rotatable bonds is 3. The number of aromatic nitrogens is 1. The molecule has 2 rings (SSSR count). The molecule has 20 heavy (non-hydrogen) atoms. The molecule has 0 N–H and O–H groups in total. The second-order valence-corrected chi connectivity index (χ2v) is 5.01. The van der Waals surface area contributed by atoms with Crippen LogP contribution >= 0.6 is 11.6 Å². The number of benzene rings is 1. The first-order chi connectivity index (χ1) is 9.49. The van der Waals surface area contributed by atoms with Crippen LogP contribution in [-0.2, 0) is 0 Å². The molecule has 0 aliphatic heterocycles. The van der Waals surface area contributed by atoms with Gasteiger partial charge in [-0.1, -0.05) is 17.7 Å². The van der Waals surface area contributed by atoms with Gasteiger partial charge in [-0.2, -0.15) is 0 Å². The fourth-order valence-electron chi connectivity index (χ4n) is 2.31. The van der Waals surface area contributed by atoms with Gasteiger partial charge in [0.2, 0.25) is 5.91 Å². The lowest BCUT2D eigenvalue weighted by Crippen LogP contribution is -2.30. The van der Waals surface area contributed by atoms with Crippen LogP contribution in [0.5, 0.6) is 0 Å². The lowest BCUT2D eigenvalue weighted by Gasteiger charge is -2.17. The lowest BCUT2D eigenvalue weighted by molar-refractivity contribution is 0.0775. The average molecular weight is 293 g/mol. The van der Waals surface area contributed by atoms with Gasteiger partial charge in [-0.15, -0.1) is 0 Å². The van der Waals surface area contributed by atoms with Crippen molar-refractivity contribution in [3.63, 3.8) is 0 Å². The number of carbonyl (C=O) groups excluding carboxylic acids is 2. The van der Waals surface area contributed by atoms with Crippen LogP contribution in [0.2, 0.25) is 5.02 Å². The molecule has 0 fully saturated rings. The van der Waals surface area contributed by atoms with Crippen LogP contribution in [0, 0.1) is 0 Å². The first-order valence-electron chi connectivity index (χ1n) is 6.60. The molecule has 1 aromatic heterocycles. The van der Waals surface area contributed by atoms with Crippen molar-refractivity contribution in [1.82, 2.24) is 9.47 Å². The van der Waals surface area contributed by atoms with Crippen LogP contribution < -0.4 is 0 Å². The van der Waals surface area contributed by atoms with Gasteiger partial charge < -0.3 is 4.90 Å². The SMILES string of the molecule is CCN(CC)C(=O)c1cn(C(C)=O)c2cc(Cl)ccc12. The minimum absolute atomic E-state index is 0.0673. The van der Waals surface area contributed by atoms with E-state index in [4.69, 9.17) is 11.6 Å². The van der Waals surface area contributed by atoms with E-state index in [0.717, 1.165) is 5.39 Å². The lowest BCUT2D eigenvalue weighted by atomic mass is 10.1. The summed E-state index contributed by atoms with van der Waals surface area (Å²) in [7, 11) is 0. The Labute approximate surface area is 122 Å². The molecule has 0 bridgehead atoms. The van der Waals surface area contributed by atoms with Gasteiger partial charge in [0, 0.05) is 36.6 Å². The summed E-state index contributed by atoms with van der Waals surface area (Å²) in [6.07, 6.45) is 1.60. The van der Waals surface area contributed by atoms with Crippen molar-refractivity contribution in [3.8, 4) is 0 Å². The summed E-state index contributed by atoms with van der Waals surface area (Å²) in [4.78, 5) is 26.0. The summed E-state index contributed by atoms with van der Waals surface area (Å²) in [5.41, 5.74) is 1.20. The Bertz CT molecular complexity index is 672. The first kappa shape index (κ1) is 14.6. The number of amides is 1. The van der Waals surface area contributed by atoms with Crippen molar-refractivity contribution < 1.29 is 9.59 Å². The summed E-state index contributed by atoms with van der Waals surface area (Å²) >= 11 is 5.98. The van der Waals surface area contributed by atoms with E-state index in [1.165, 1.54) is 11.5 Å². The summed E-state index contributed by atoms with van der Waals surface area (Å²) in [5.74, 6) is -0.210. The molecular weight excluding hydrogens is 276 g/mol. The number of hydrogen-bond donors (Lipinski definition) is 0. The predicted molar refractivity (Wildman–Crippen MR) is 80.5 cm³/mol. The molecule has 4 nitrogen and oxygen atoms in total. The Morgan fingerprint density at radius 1 is 1.25 bits per heavy atom. The quantitative estimate of drug-likeness (QED) is 0.870. The van der Waals surface area contributed by atoms with Crippen molar-refractivity contribution >= 4 is 34.3 Å². The number of nitrogens with zero attached hydrogens (tertiary/aromatic N) is 2. The minimum atomic E-state index is -0.143. The smallest absolute Gasteiger partial charge is 0.256 e. The van der Waals surface area contributed by atoms with E-state index in [1.54, 1.807) is 29.3 Å². The Morgan fingerprint density at radius 3 is 2.45 bits per heavy atom. The molecule has 0 aliphatic carbocycles. The summed E-state index contributed by atoms with van der Waals surface area (Å²) < 4.78 is 1.47. The largest absolute Gasteiger partial charge is 0.339 e. The minimum Gasteiger partial charge on any atom is -0.339 e. The Hall–Kier alpha value is -1.81. The molecule has 0 aliphatic rings. The standard InChI is InChI=1S/C15H17ClN2O2/c1-4-17(5-2)15(20)13-9-18(10(3)19)14-8-11(16)6-7-12(13)14/h6-9H,4-5H2,1-3H3. The third-order valence-corrected chi connectivity index (χ3v) is 3.62. The molecule has 0 atom stereocenters. The Kier molecular flexibility index (Phi) is 4.14. The van der Waals surface area contributed by atoms with E-state index in [2.05, 4.69) is 0 Å². The van der Waals surface area contributed by atoms with Gasteiger partial charge in [0.05, 0.1) is 11.1 Å². The van der Waals surface area contributed by atoms with Crippen LogP contribution in [0.4, 0.5) is 0 Å². The zero-order chi connectivity index (χ0) is 14.9. The van der Waals surface area contributed by atoms with Gasteiger partial charge in [0.1, 0.15) is 0 Å². The van der Waals surface area contributed by atoms with E-state index in [9.17, 15) is 9.59 Å². The number of carbonyl (C=O) groups is 2.